The van der Waals surface area contributed by atoms with E-state index in [1.165, 1.54) is 25.9 Å². The Morgan fingerprint density at radius 2 is 2.19 bits per heavy atom. The Kier molecular flexibility index (Phi) is 2.47. The van der Waals surface area contributed by atoms with Gasteiger partial charge in [-0.15, -0.1) is 0 Å². The lowest BCUT2D eigenvalue weighted by Crippen LogP contribution is -2.58. The Hall–Kier alpha value is -1.23. The molecule has 0 saturated carbocycles. The topological polar surface area (TPSA) is 44.8 Å². The van der Waals surface area contributed by atoms with Crippen LogP contribution in [-0.2, 0) is 4.74 Å². The summed E-state index contributed by atoms with van der Waals surface area (Å²) in [4.78, 5) is 15.9. The average molecular weight is 223 g/mol. The summed E-state index contributed by atoms with van der Waals surface area (Å²) >= 11 is 0. The van der Waals surface area contributed by atoms with Crippen LogP contribution in [0.4, 0.5) is 4.79 Å². The molecule has 0 aromatic rings. The minimum absolute atomic E-state index is 0.0347. The predicted molar refractivity (Wildman–Crippen MR) is 58.4 cm³/mol. The summed E-state index contributed by atoms with van der Waals surface area (Å²) in [5.41, 5.74) is 0. The monoisotopic (exact) mass is 223 g/mol. The first-order valence-electron chi connectivity index (χ1n) is 5.91. The van der Waals surface area contributed by atoms with Crippen LogP contribution in [0.2, 0.25) is 0 Å². The number of carbonyl (C=O) groups is 1. The number of amides is 2. The van der Waals surface area contributed by atoms with Crippen molar-refractivity contribution in [3.63, 3.8) is 0 Å². The van der Waals surface area contributed by atoms with Crippen molar-refractivity contribution in [2.45, 2.75) is 18.9 Å². The molecule has 3 saturated heterocycles. The molecule has 4 heterocycles. The van der Waals surface area contributed by atoms with Crippen LogP contribution in [0.15, 0.2) is 12.5 Å². The molecule has 4 rings (SSSR count). The molecule has 4 aliphatic rings. The maximum absolute atomic E-state index is 11.9. The number of rotatable bonds is 1. The van der Waals surface area contributed by atoms with Gasteiger partial charge in [0, 0.05) is 18.8 Å². The molecule has 1 atom stereocenters. The van der Waals surface area contributed by atoms with E-state index in [9.17, 15) is 4.79 Å². The fraction of sp³-hybridized carbons (Fsp3) is 0.727. The maximum atomic E-state index is 11.9. The van der Waals surface area contributed by atoms with Gasteiger partial charge in [0.15, 0.2) is 6.73 Å². The van der Waals surface area contributed by atoms with Crippen molar-refractivity contribution in [3.05, 3.63) is 12.5 Å². The van der Waals surface area contributed by atoms with Crippen LogP contribution in [0.5, 0.6) is 0 Å². The Balaban J connectivity index is 1.58. The zero-order chi connectivity index (χ0) is 11.0. The second-order valence-corrected chi connectivity index (χ2v) is 4.74. The molecule has 5 heteroatoms. The average Bonchev–Trinajstić information content (AvgIpc) is 2.84. The Bertz CT molecular complexity index is 310. The smallest absolute Gasteiger partial charge is 0.324 e. The largest absolute Gasteiger partial charge is 0.479 e. The molecule has 0 aliphatic carbocycles. The summed E-state index contributed by atoms with van der Waals surface area (Å²) in [5, 5.41) is 3.11. The molecule has 2 amide bonds. The van der Waals surface area contributed by atoms with Crippen LogP contribution >= 0.6 is 0 Å². The predicted octanol–water partition coefficient (Wildman–Crippen LogP) is 0.551. The summed E-state index contributed by atoms with van der Waals surface area (Å²) in [5.74, 6) is 0.668. The second kappa shape index (κ2) is 3.97. The van der Waals surface area contributed by atoms with Gasteiger partial charge >= 0.3 is 6.03 Å². The Morgan fingerprint density at radius 3 is 2.75 bits per heavy atom. The summed E-state index contributed by atoms with van der Waals surface area (Å²) in [6.45, 7) is 3.75. The number of carbonyl (C=O) groups excluding carboxylic acids is 1. The minimum atomic E-state index is -0.0347. The molecule has 2 bridgehead atoms. The van der Waals surface area contributed by atoms with Crippen molar-refractivity contribution in [1.82, 2.24) is 15.1 Å². The van der Waals surface area contributed by atoms with Crippen LogP contribution in [-0.4, -0.2) is 48.2 Å². The minimum Gasteiger partial charge on any atom is -0.479 e. The van der Waals surface area contributed by atoms with Crippen molar-refractivity contribution in [1.29, 1.82) is 0 Å². The quantitative estimate of drug-likeness (QED) is 0.706. The molecule has 4 aliphatic heterocycles. The third-order valence-corrected chi connectivity index (χ3v) is 3.78. The number of hydrogen-bond donors (Lipinski definition) is 1. The van der Waals surface area contributed by atoms with E-state index in [1.807, 2.05) is 0 Å². The molecule has 0 aromatic carbocycles. The number of hydrogen-bond acceptors (Lipinski definition) is 3. The summed E-state index contributed by atoms with van der Waals surface area (Å²) in [7, 11) is 0. The number of nitrogens with zero attached hydrogens (tertiary/aromatic N) is 2. The van der Waals surface area contributed by atoms with Crippen molar-refractivity contribution < 1.29 is 9.53 Å². The molecule has 88 valence electrons. The highest BCUT2D eigenvalue weighted by Crippen LogP contribution is 2.27. The van der Waals surface area contributed by atoms with Crippen molar-refractivity contribution >= 4 is 6.03 Å². The first kappa shape index (κ1) is 9.96. The summed E-state index contributed by atoms with van der Waals surface area (Å²) in [6, 6.07) is 0.288. The molecular weight excluding hydrogens is 206 g/mol. The van der Waals surface area contributed by atoms with E-state index in [4.69, 9.17) is 4.74 Å². The molecule has 16 heavy (non-hydrogen) atoms. The highest BCUT2D eigenvalue weighted by atomic mass is 16.5. The number of nitrogens with one attached hydrogen (secondary N) is 1. The van der Waals surface area contributed by atoms with Gasteiger partial charge < -0.3 is 15.0 Å². The zero-order valence-electron chi connectivity index (χ0n) is 9.26. The van der Waals surface area contributed by atoms with Crippen LogP contribution in [0, 0.1) is 5.92 Å². The first-order chi connectivity index (χ1) is 7.83. The number of urea groups is 1. The van der Waals surface area contributed by atoms with Crippen LogP contribution in [0.1, 0.15) is 12.8 Å². The van der Waals surface area contributed by atoms with E-state index in [0.29, 0.717) is 18.7 Å². The van der Waals surface area contributed by atoms with E-state index in [0.717, 1.165) is 6.54 Å². The SMILES string of the molecule is O=C(N[C@@H]1CN2CCC1CC2)N1C=COC1. The Labute approximate surface area is 95.0 Å². The Morgan fingerprint density at radius 1 is 1.38 bits per heavy atom. The van der Waals surface area contributed by atoms with Gasteiger partial charge in [0.1, 0.15) is 6.26 Å². The molecular formula is C11H17N3O2. The van der Waals surface area contributed by atoms with E-state index >= 15 is 0 Å². The number of fused-ring (bicyclic) bond motifs is 3. The molecule has 1 N–H and O–H groups in total. The normalized spacial score (nSPS) is 36.2. The van der Waals surface area contributed by atoms with Gasteiger partial charge in [0.05, 0.1) is 0 Å². The summed E-state index contributed by atoms with van der Waals surface area (Å²) < 4.78 is 5.00. The van der Waals surface area contributed by atoms with Crippen LogP contribution in [0.3, 0.4) is 0 Å². The van der Waals surface area contributed by atoms with Crippen LogP contribution < -0.4 is 5.32 Å². The van der Waals surface area contributed by atoms with E-state index in [-0.39, 0.29) is 6.03 Å². The van der Waals surface area contributed by atoms with Gasteiger partial charge in [0.25, 0.3) is 0 Å². The van der Waals surface area contributed by atoms with E-state index in [1.54, 1.807) is 17.4 Å². The van der Waals surface area contributed by atoms with Gasteiger partial charge in [-0.25, -0.2) is 4.79 Å². The van der Waals surface area contributed by atoms with Gasteiger partial charge in [-0.3, -0.25) is 4.90 Å². The highest BCUT2D eigenvalue weighted by molar-refractivity contribution is 5.75. The lowest BCUT2D eigenvalue weighted by Gasteiger charge is -2.45. The van der Waals surface area contributed by atoms with E-state index < -0.39 is 0 Å². The van der Waals surface area contributed by atoms with Crippen LogP contribution in [0.25, 0.3) is 0 Å². The second-order valence-electron chi connectivity index (χ2n) is 4.74. The fourth-order valence-corrected chi connectivity index (χ4v) is 2.78. The molecule has 0 radical (unpaired) electrons. The number of ether oxygens (including phenoxy) is 1. The van der Waals surface area contributed by atoms with Crippen molar-refractivity contribution in [2.75, 3.05) is 26.4 Å². The van der Waals surface area contributed by atoms with Crippen molar-refractivity contribution in [2.24, 2.45) is 5.92 Å². The molecule has 3 fully saturated rings. The molecule has 0 spiro atoms. The zero-order valence-corrected chi connectivity index (χ0v) is 9.26. The van der Waals surface area contributed by atoms with Gasteiger partial charge in [0.2, 0.25) is 0 Å². The molecule has 0 unspecified atom stereocenters. The maximum Gasteiger partial charge on any atom is 0.324 e. The third-order valence-electron chi connectivity index (χ3n) is 3.78. The lowest BCUT2D eigenvalue weighted by molar-refractivity contribution is 0.0724. The highest BCUT2D eigenvalue weighted by Gasteiger charge is 2.35. The van der Waals surface area contributed by atoms with E-state index in [2.05, 4.69) is 10.2 Å². The lowest BCUT2D eigenvalue weighted by atomic mass is 9.84. The van der Waals surface area contributed by atoms with Gasteiger partial charge in [-0.2, -0.15) is 0 Å². The standard InChI is InChI=1S/C11H17N3O2/c15-11(14-5-6-16-8-14)12-10-7-13-3-1-9(10)2-4-13/h5-6,9-10H,1-4,7-8H2,(H,12,15)/t10-/m1/s1. The first-order valence-corrected chi connectivity index (χ1v) is 5.91. The third kappa shape index (κ3) is 1.75. The van der Waals surface area contributed by atoms with Crippen molar-refractivity contribution in [3.8, 4) is 0 Å². The molecule has 5 nitrogen and oxygen atoms in total. The molecule has 0 aromatic heterocycles. The van der Waals surface area contributed by atoms with Gasteiger partial charge in [-0.05, 0) is 31.8 Å². The number of piperidine rings is 3. The van der Waals surface area contributed by atoms with Gasteiger partial charge in [-0.1, -0.05) is 0 Å². The fourth-order valence-electron chi connectivity index (χ4n) is 2.78. The summed E-state index contributed by atoms with van der Waals surface area (Å²) in [6.07, 6.45) is 5.67.